The van der Waals surface area contributed by atoms with E-state index in [2.05, 4.69) is 37.0 Å². The van der Waals surface area contributed by atoms with Crippen LogP contribution in [0.15, 0.2) is 88.7 Å². The third-order valence-corrected chi connectivity index (χ3v) is 6.89. The number of carbonyl (C=O) groups excluding carboxylic acids is 2. The van der Waals surface area contributed by atoms with E-state index in [1.165, 1.54) is 24.1 Å². The Balaban J connectivity index is 1.58. The van der Waals surface area contributed by atoms with Crippen molar-refractivity contribution in [2.45, 2.75) is 19.9 Å². The predicted molar refractivity (Wildman–Crippen MR) is 152 cm³/mol. The van der Waals surface area contributed by atoms with Crippen LogP contribution in [0, 0.1) is 12.7 Å². The molecule has 3 aromatic carbocycles. The highest BCUT2D eigenvalue weighted by molar-refractivity contribution is 9.10. The first-order valence-electron chi connectivity index (χ1n) is 12.1. The van der Waals surface area contributed by atoms with Crippen LogP contribution in [0.2, 0.25) is 0 Å². The maximum Gasteiger partial charge on any atom is 0.261 e. The fourth-order valence-corrected chi connectivity index (χ4v) is 4.96. The summed E-state index contributed by atoms with van der Waals surface area (Å²) in [6, 6.07) is 18.0. The third kappa shape index (κ3) is 5.15. The van der Waals surface area contributed by atoms with E-state index in [9.17, 15) is 9.59 Å². The second kappa shape index (κ2) is 10.7. The van der Waals surface area contributed by atoms with Crippen molar-refractivity contribution < 1.29 is 18.7 Å². The lowest BCUT2D eigenvalue weighted by molar-refractivity contribution is -0.113. The van der Waals surface area contributed by atoms with Crippen molar-refractivity contribution in [1.29, 1.82) is 0 Å². The van der Waals surface area contributed by atoms with Gasteiger partial charge in [-0.1, -0.05) is 40.2 Å². The number of hydrogen-bond donors (Lipinski definition) is 3. The molecular weight excluding hydrogens is 565 g/mol. The molecule has 8 nitrogen and oxygen atoms in total. The molecule has 0 fully saturated rings. The molecule has 5 rings (SSSR count). The van der Waals surface area contributed by atoms with E-state index >= 15 is 4.39 Å². The third-order valence-electron chi connectivity index (χ3n) is 6.40. The molecule has 39 heavy (non-hydrogen) atoms. The van der Waals surface area contributed by atoms with Gasteiger partial charge in [-0.05, 0) is 61.9 Å². The van der Waals surface area contributed by atoms with Crippen LogP contribution in [0.5, 0.6) is 5.75 Å². The molecule has 1 aliphatic rings. The first-order valence-corrected chi connectivity index (χ1v) is 12.9. The number of carbonyl (C=O) groups is 2. The Morgan fingerprint density at radius 2 is 1.82 bits per heavy atom. The summed E-state index contributed by atoms with van der Waals surface area (Å²) in [5.41, 5.74) is 3.24. The van der Waals surface area contributed by atoms with Gasteiger partial charge in [0.15, 0.2) is 0 Å². The number of aryl methyl sites for hydroxylation is 1. The van der Waals surface area contributed by atoms with Crippen molar-refractivity contribution in [3.8, 4) is 5.75 Å². The molecule has 2 heterocycles. The molecular formula is C29H25BrFN5O3. The number of nitrogens with one attached hydrogen (secondary N) is 3. The van der Waals surface area contributed by atoms with E-state index in [-0.39, 0.29) is 16.7 Å². The number of aromatic nitrogens is 2. The standard InChI is InChI=1S/C29H25BrFN5O3/c1-16-7-6-8-19(13-16)34-28(37)21-15-32-36-26(20-14-18(30)11-12-22(20)31)25(17(2)33-27(21)36)29(38)35-23-9-4-5-10-24(23)39-3/h4-15,26,33H,1-3H3,(H,34,37)(H,35,38)/t26-/m0/s1. The van der Waals surface area contributed by atoms with Crippen molar-refractivity contribution in [2.75, 3.05) is 23.1 Å². The smallest absolute Gasteiger partial charge is 0.261 e. The van der Waals surface area contributed by atoms with Gasteiger partial charge in [0.1, 0.15) is 29.0 Å². The number of amides is 2. The average Bonchev–Trinajstić information content (AvgIpc) is 3.33. The molecule has 0 unspecified atom stereocenters. The molecule has 0 saturated carbocycles. The number of rotatable bonds is 6. The number of anilines is 3. The zero-order chi connectivity index (χ0) is 27.7. The Kier molecular flexibility index (Phi) is 7.21. The van der Waals surface area contributed by atoms with Crippen LogP contribution >= 0.6 is 15.9 Å². The summed E-state index contributed by atoms with van der Waals surface area (Å²) in [5.74, 6) is -0.560. The highest BCUT2D eigenvalue weighted by Gasteiger charge is 2.37. The van der Waals surface area contributed by atoms with Gasteiger partial charge in [-0.15, -0.1) is 0 Å². The maximum absolute atomic E-state index is 15.3. The minimum atomic E-state index is -0.964. The minimum absolute atomic E-state index is 0.213. The first-order chi connectivity index (χ1) is 18.8. The number of methoxy groups -OCH3 is 1. The lowest BCUT2D eigenvalue weighted by Gasteiger charge is -2.30. The number of allylic oxidation sites excluding steroid dienone is 1. The molecule has 0 bridgehead atoms. The first kappa shape index (κ1) is 26.2. The molecule has 4 aromatic rings. The van der Waals surface area contributed by atoms with E-state index < -0.39 is 23.7 Å². The number of ether oxygens (including phenoxy) is 1. The van der Waals surface area contributed by atoms with Crippen molar-refractivity contribution in [2.24, 2.45) is 0 Å². The molecule has 10 heteroatoms. The van der Waals surface area contributed by atoms with Crippen LogP contribution in [-0.4, -0.2) is 28.7 Å². The van der Waals surface area contributed by atoms with Gasteiger partial charge in [0.25, 0.3) is 11.8 Å². The van der Waals surface area contributed by atoms with Gasteiger partial charge in [-0.25, -0.2) is 9.07 Å². The van der Waals surface area contributed by atoms with Crippen LogP contribution in [0.25, 0.3) is 0 Å². The van der Waals surface area contributed by atoms with Gasteiger partial charge in [-0.3, -0.25) is 9.59 Å². The Morgan fingerprint density at radius 3 is 2.59 bits per heavy atom. The maximum atomic E-state index is 15.3. The molecule has 1 aromatic heterocycles. The lowest BCUT2D eigenvalue weighted by atomic mass is 9.94. The molecule has 3 N–H and O–H groups in total. The molecule has 1 aliphatic heterocycles. The molecule has 0 spiro atoms. The zero-order valence-electron chi connectivity index (χ0n) is 21.4. The fourth-order valence-electron chi connectivity index (χ4n) is 4.59. The molecule has 0 saturated heterocycles. The second-order valence-corrected chi connectivity index (χ2v) is 9.98. The van der Waals surface area contributed by atoms with E-state index in [1.54, 1.807) is 49.4 Å². The minimum Gasteiger partial charge on any atom is -0.495 e. The summed E-state index contributed by atoms with van der Waals surface area (Å²) >= 11 is 3.41. The summed E-state index contributed by atoms with van der Waals surface area (Å²) in [6.45, 7) is 3.64. The predicted octanol–water partition coefficient (Wildman–Crippen LogP) is 6.28. The largest absolute Gasteiger partial charge is 0.495 e. The van der Waals surface area contributed by atoms with Crippen molar-refractivity contribution in [1.82, 2.24) is 9.78 Å². The number of halogens is 2. The summed E-state index contributed by atoms with van der Waals surface area (Å²) < 4.78 is 22.8. The van der Waals surface area contributed by atoms with Crippen LogP contribution in [-0.2, 0) is 4.79 Å². The normalized spacial score (nSPS) is 14.3. The molecule has 1 atom stereocenters. The zero-order valence-corrected chi connectivity index (χ0v) is 23.0. The Bertz CT molecular complexity index is 1630. The van der Waals surface area contributed by atoms with Crippen molar-refractivity contribution >= 4 is 44.9 Å². The molecule has 0 radical (unpaired) electrons. The summed E-state index contributed by atoms with van der Waals surface area (Å²) in [6.07, 6.45) is 1.41. The van der Waals surface area contributed by atoms with Crippen LogP contribution in [0.4, 0.5) is 21.6 Å². The quantitative estimate of drug-likeness (QED) is 0.246. The number of fused-ring (bicyclic) bond motifs is 1. The second-order valence-electron chi connectivity index (χ2n) is 9.06. The van der Waals surface area contributed by atoms with Crippen molar-refractivity contribution in [3.05, 3.63) is 111 Å². The van der Waals surface area contributed by atoms with E-state index in [1.807, 2.05) is 25.1 Å². The van der Waals surface area contributed by atoms with Crippen LogP contribution < -0.4 is 20.7 Å². The van der Waals surface area contributed by atoms with Gasteiger partial charge < -0.3 is 20.7 Å². The monoisotopic (exact) mass is 589 g/mol. The number of benzene rings is 3. The van der Waals surface area contributed by atoms with Crippen molar-refractivity contribution in [3.63, 3.8) is 0 Å². The van der Waals surface area contributed by atoms with Gasteiger partial charge >= 0.3 is 0 Å². The van der Waals surface area contributed by atoms with Crippen LogP contribution in [0.3, 0.4) is 0 Å². The Morgan fingerprint density at radius 1 is 1.03 bits per heavy atom. The van der Waals surface area contributed by atoms with E-state index in [4.69, 9.17) is 4.74 Å². The van der Waals surface area contributed by atoms with Gasteiger partial charge in [0, 0.05) is 21.4 Å². The van der Waals surface area contributed by atoms with E-state index in [0.29, 0.717) is 33.1 Å². The SMILES string of the molecule is COc1ccccc1NC(=O)C1=C(C)Nc2c(C(=O)Nc3cccc(C)c3)cnn2[C@H]1c1cc(Br)ccc1F. The fraction of sp³-hybridized carbons (Fsp3) is 0.138. The summed E-state index contributed by atoms with van der Waals surface area (Å²) in [5, 5.41) is 13.4. The van der Waals surface area contributed by atoms with E-state index in [0.717, 1.165) is 5.56 Å². The van der Waals surface area contributed by atoms with Gasteiger partial charge in [0.2, 0.25) is 0 Å². The van der Waals surface area contributed by atoms with Gasteiger partial charge in [0.05, 0.1) is 24.6 Å². The Labute approximate surface area is 233 Å². The summed E-state index contributed by atoms with van der Waals surface area (Å²) in [7, 11) is 1.51. The molecule has 2 amide bonds. The Hall–Kier alpha value is -4.44. The number of para-hydroxylation sites is 2. The highest BCUT2D eigenvalue weighted by atomic mass is 79.9. The topological polar surface area (TPSA) is 97.3 Å². The van der Waals surface area contributed by atoms with Gasteiger partial charge in [-0.2, -0.15) is 5.10 Å². The average molecular weight is 590 g/mol. The number of hydrogen-bond acceptors (Lipinski definition) is 5. The number of nitrogens with zero attached hydrogens (tertiary/aromatic N) is 2. The van der Waals surface area contributed by atoms with Crippen LogP contribution in [0.1, 0.15) is 34.5 Å². The highest BCUT2D eigenvalue weighted by Crippen LogP contribution is 2.40. The lowest BCUT2D eigenvalue weighted by Crippen LogP contribution is -2.32. The summed E-state index contributed by atoms with van der Waals surface area (Å²) in [4.78, 5) is 27.0. The molecule has 198 valence electrons. The molecule has 0 aliphatic carbocycles.